The molecular weight excluding hydrogens is 476 g/mol. The van der Waals surface area contributed by atoms with Crippen molar-refractivity contribution < 1.29 is 33.0 Å². The molecule has 1 aromatic heterocycles. The van der Waals surface area contributed by atoms with Crippen molar-refractivity contribution >= 4 is 23.4 Å². The van der Waals surface area contributed by atoms with E-state index in [9.17, 15) is 28.3 Å². The molecule has 1 saturated heterocycles. The zero-order chi connectivity index (χ0) is 24.6. The van der Waals surface area contributed by atoms with Gasteiger partial charge in [-0.05, 0) is 12.5 Å². The van der Waals surface area contributed by atoms with Crippen molar-refractivity contribution in [1.82, 2.24) is 14.8 Å². The van der Waals surface area contributed by atoms with Crippen LogP contribution in [0, 0.1) is 11.6 Å². The number of aromatic nitrogens is 1. The Hall–Kier alpha value is -3.02. The van der Waals surface area contributed by atoms with Gasteiger partial charge in [0.2, 0.25) is 5.43 Å². The highest BCUT2D eigenvalue weighted by molar-refractivity contribution is 6.30. The lowest BCUT2D eigenvalue weighted by molar-refractivity contribution is 0.0424. The van der Waals surface area contributed by atoms with E-state index in [1.54, 1.807) is 0 Å². The normalized spacial score (nSPS) is 19.5. The molecule has 1 unspecified atom stereocenters. The third kappa shape index (κ3) is 4.04. The first-order valence-electron chi connectivity index (χ1n) is 10.5. The van der Waals surface area contributed by atoms with E-state index in [0.29, 0.717) is 13.0 Å². The Kier molecular flexibility index (Phi) is 6.61. The molecule has 12 heteroatoms. The minimum absolute atomic E-state index is 0.0911. The molecule has 0 aliphatic carbocycles. The average Bonchev–Trinajstić information content (AvgIpc) is 3.29. The van der Waals surface area contributed by atoms with E-state index in [2.05, 4.69) is 5.32 Å². The summed E-state index contributed by atoms with van der Waals surface area (Å²) in [5.41, 5.74) is -2.58. The maximum absolute atomic E-state index is 14.2. The number of aromatic hydroxyl groups is 1. The number of hydrogen-bond acceptors (Lipinski definition) is 6. The van der Waals surface area contributed by atoms with Gasteiger partial charge in [0.05, 0.1) is 18.8 Å². The van der Waals surface area contributed by atoms with E-state index in [0.717, 1.165) is 12.1 Å². The lowest BCUT2D eigenvalue weighted by atomic mass is 9.92. The number of nitrogens with one attached hydrogen (secondary N) is 1. The van der Waals surface area contributed by atoms with Crippen LogP contribution in [-0.2, 0) is 21.6 Å². The standard InChI is InChI=1S/C22H22ClF2N3O6/c1-33-7-5-27-10-22(4-6-34-11-22)28-9-13(18(29)19(30)17(28)21(27)32)20(31)26-8-12-2-3-14(24)15(23)16(12)25/h2-3,9,30H,4-8,10-11H2,1H3,(H,26,31). The highest BCUT2D eigenvalue weighted by Gasteiger charge is 2.47. The van der Waals surface area contributed by atoms with Crippen molar-refractivity contribution in [1.29, 1.82) is 0 Å². The van der Waals surface area contributed by atoms with E-state index in [-0.39, 0.29) is 44.1 Å². The Balaban J connectivity index is 1.69. The largest absolute Gasteiger partial charge is 0.503 e. The predicted molar refractivity (Wildman–Crippen MR) is 116 cm³/mol. The van der Waals surface area contributed by atoms with Crippen LogP contribution in [0.1, 0.15) is 32.8 Å². The number of benzene rings is 1. The van der Waals surface area contributed by atoms with E-state index >= 15 is 0 Å². The summed E-state index contributed by atoms with van der Waals surface area (Å²) in [6.07, 6.45) is 1.71. The second-order valence-corrected chi connectivity index (χ2v) is 8.58. The zero-order valence-corrected chi connectivity index (χ0v) is 19.0. The lowest BCUT2D eigenvalue weighted by Gasteiger charge is -2.42. The molecule has 182 valence electrons. The predicted octanol–water partition coefficient (Wildman–Crippen LogP) is 1.63. The number of halogens is 3. The number of amides is 2. The first kappa shape index (κ1) is 24.1. The zero-order valence-electron chi connectivity index (χ0n) is 18.2. The number of methoxy groups -OCH3 is 1. The van der Waals surface area contributed by atoms with Crippen LogP contribution in [0.3, 0.4) is 0 Å². The van der Waals surface area contributed by atoms with Gasteiger partial charge in [-0.15, -0.1) is 0 Å². The average molecular weight is 498 g/mol. The number of pyridine rings is 1. The maximum Gasteiger partial charge on any atom is 0.274 e. The second-order valence-electron chi connectivity index (χ2n) is 8.20. The van der Waals surface area contributed by atoms with Crippen LogP contribution in [0.15, 0.2) is 23.1 Å². The molecule has 1 fully saturated rings. The van der Waals surface area contributed by atoms with Gasteiger partial charge < -0.3 is 29.4 Å². The third-order valence-electron chi connectivity index (χ3n) is 6.12. The van der Waals surface area contributed by atoms with Crippen molar-refractivity contribution in [2.45, 2.75) is 18.5 Å². The third-order valence-corrected chi connectivity index (χ3v) is 6.46. The van der Waals surface area contributed by atoms with Crippen LogP contribution in [0.4, 0.5) is 8.78 Å². The minimum atomic E-state index is -1.04. The molecule has 2 aliphatic heterocycles. The number of ether oxygens (including phenoxy) is 2. The fraction of sp³-hybridized carbons (Fsp3) is 0.409. The van der Waals surface area contributed by atoms with Gasteiger partial charge in [0.15, 0.2) is 11.4 Å². The second kappa shape index (κ2) is 9.32. The molecule has 3 heterocycles. The Labute approximate surface area is 197 Å². The van der Waals surface area contributed by atoms with Gasteiger partial charge in [0.1, 0.15) is 22.2 Å². The van der Waals surface area contributed by atoms with Crippen LogP contribution in [0.5, 0.6) is 5.75 Å². The summed E-state index contributed by atoms with van der Waals surface area (Å²) in [4.78, 5) is 40.2. The van der Waals surface area contributed by atoms with Crippen molar-refractivity contribution in [2.75, 3.05) is 40.0 Å². The summed E-state index contributed by atoms with van der Waals surface area (Å²) in [5, 5.41) is 12.3. The molecule has 0 radical (unpaired) electrons. The monoisotopic (exact) mass is 497 g/mol. The number of rotatable bonds is 6. The topological polar surface area (TPSA) is 110 Å². The summed E-state index contributed by atoms with van der Waals surface area (Å²) >= 11 is 5.56. The van der Waals surface area contributed by atoms with E-state index in [1.165, 1.54) is 22.8 Å². The van der Waals surface area contributed by atoms with E-state index in [1.807, 2.05) is 0 Å². The molecule has 4 rings (SSSR count). The Morgan fingerprint density at radius 3 is 2.79 bits per heavy atom. The van der Waals surface area contributed by atoms with Crippen LogP contribution >= 0.6 is 11.6 Å². The Morgan fingerprint density at radius 2 is 2.12 bits per heavy atom. The summed E-state index contributed by atoms with van der Waals surface area (Å²) in [6, 6.07) is 2.07. The molecule has 34 heavy (non-hydrogen) atoms. The molecule has 1 spiro atoms. The molecule has 1 aromatic carbocycles. The first-order valence-corrected chi connectivity index (χ1v) is 10.8. The molecule has 0 saturated carbocycles. The molecule has 2 aromatic rings. The fourth-order valence-electron chi connectivity index (χ4n) is 4.26. The summed E-state index contributed by atoms with van der Waals surface area (Å²) < 4.78 is 39.6. The van der Waals surface area contributed by atoms with Gasteiger partial charge in [0, 0.05) is 45.1 Å². The fourth-order valence-corrected chi connectivity index (χ4v) is 4.45. The van der Waals surface area contributed by atoms with Crippen LogP contribution in [0.2, 0.25) is 5.02 Å². The number of fused-ring (bicyclic) bond motifs is 2. The molecule has 1 atom stereocenters. The smallest absolute Gasteiger partial charge is 0.274 e. The van der Waals surface area contributed by atoms with Gasteiger partial charge in [-0.25, -0.2) is 8.78 Å². The molecule has 9 nitrogen and oxygen atoms in total. The molecular formula is C22H22ClF2N3O6. The van der Waals surface area contributed by atoms with Crippen LogP contribution in [-0.4, -0.2) is 66.4 Å². The molecule has 2 amide bonds. The van der Waals surface area contributed by atoms with Gasteiger partial charge in [0.25, 0.3) is 11.8 Å². The number of hydrogen-bond donors (Lipinski definition) is 2. The maximum atomic E-state index is 14.2. The minimum Gasteiger partial charge on any atom is -0.503 e. The molecule has 2 aliphatic rings. The lowest BCUT2D eigenvalue weighted by Crippen LogP contribution is -2.56. The highest BCUT2D eigenvalue weighted by Crippen LogP contribution is 2.36. The van der Waals surface area contributed by atoms with Crippen molar-refractivity contribution in [3.63, 3.8) is 0 Å². The first-order chi connectivity index (χ1) is 16.2. The van der Waals surface area contributed by atoms with Crippen LogP contribution in [0.25, 0.3) is 0 Å². The summed E-state index contributed by atoms with van der Waals surface area (Å²) in [6.45, 7) is 0.969. The van der Waals surface area contributed by atoms with Crippen molar-refractivity contribution in [3.05, 3.63) is 62.0 Å². The van der Waals surface area contributed by atoms with Gasteiger partial charge >= 0.3 is 0 Å². The number of carbonyl (C=O) groups excluding carboxylic acids is 2. The SMILES string of the molecule is COCCN1CC2(CCOC2)n2cc(C(=O)NCc3ccc(F)c(Cl)c3F)c(=O)c(O)c2C1=O. The number of nitrogens with zero attached hydrogens (tertiary/aromatic N) is 2. The number of carbonyl (C=O) groups is 2. The van der Waals surface area contributed by atoms with E-state index < -0.39 is 50.8 Å². The van der Waals surface area contributed by atoms with Gasteiger partial charge in [-0.3, -0.25) is 14.4 Å². The van der Waals surface area contributed by atoms with Crippen molar-refractivity contribution in [2.24, 2.45) is 0 Å². The summed E-state index contributed by atoms with van der Waals surface area (Å²) in [5.74, 6) is -4.31. The van der Waals surface area contributed by atoms with Crippen molar-refractivity contribution in [3.8, 4) is 5.75 Å². The quantitative estimate of drug-likeness (QED) is 0.587. The van der Waals surface area contributed by atoms with Gasteiger partial charge in [-0.2, -0.15) is 0 Å². The van der Waals surface area contributed by atoms with Gasteiger partial charge in [-0.1, -0.05) is 17.7 Å². The highest BCUT2D eigenvalue weighted by atomic mass is 35.5. The molecule has 0 bridgehead atoms. The summed E-state index contributed by atoms with van der Waals surface area (Å²) in [7, 11) is 1.50. The van der Waals surface area contributed by atoms with Crippen LogP contribution < -0.4 is 10.7 Å². The Morgan fingerprint density at radius 1 is 1.35 bits per heavy atom. The van der Waals surface area contributed by atoms with E-state index in [4.69, 9.17) is 21.1 Å². The Bertz CT molecular complexity index is 1210. The molecule has 2 N–H and O–H groups in total.